The molecule has 0 aliphatic carbocycles. The van der Waals surface area contributed by atoms with Gasteiger partial charge in [-0.1, -0.05) is 60.7 Å². The predicted molar refractivity (Wildman–Crippen MR) is 105 cm³/mol. The molecule has 1 N–H and O–H groups in total. The summed E-state index contributed by atoms with van der Waals surface area (Å²) in [5, 5.41) is 3.05. The van der Waals surface area contributed by atoms with Crippen LogP contribution in [-0.2, 0) is 5.75 Å². The molecule has 0 bridgehead atoms. The molecule has 126 valence electrons. The average molecular weight is 347 g/mol. The molecule has 0 spiro atoms. The highest BCUT2D eigenvalue weighted by Gasteiger charge is 2.11. The normalized spacial score (nSPS) is 11.7. The van der Waals surface area contributed by atoms with E-state index in [0.29, 0.717) is 5.56 Å². The van der Waals surface area contributed by atoms with E-state index in [-0.39, 0.29) is 11.9 Å². The van der Waals surface area contributed by atoms with Crippen molar-refractivity contribution in [3.05, 3.63) is 102 Å². The molecule has 3 aromatic carbocycles. The van der Waals surface area contributed by atoms with Gasteiger partial charge in [0.05, 0.1) is 6.04 Å². The largest absolute Gasteiger partial charge is 0.346 e. The molecular weight excluding hydrogens is 326 g/mol. The zero-order valence-electron chi connectivity index (χ0n) is 14.2. The Morgan fingerprint density at radius 3 is 2.12 bits per heavy atom. The third-order valence-electron chi connectivity index (χ3n) is 4.01. The molecule has 3 aromatic rings. The number of hydrogen-bond donors (Lipinski definition) is 1. The molecular formula is C22H21NOS. The zero-order valence-corrected chi connectivity index (χ0v) is 15.0. The summed E-state index contributed by atoms with van der Waals surface area (Å²) in [5.74, 6) is 0.852. The number of rotatable bonds is 6. The van der Waals surface area contributed by atoms with Crippen molar-refractivity contribution in [1.29, 1.82) is 0 Å². The molecule has 1 amide bonds. The Hall–Kier alpha value is -2.52. The highest BCUT2D eigenvalue weighted by molar-refractivity contribution is 7.98. The van der Waals surface area contributed by atoms with Gasteiger partial charge in [-0.25, -0.2) is 0 Å². The highest BCUT2D eigenvalue weighted by Crippen LogP contribution is 2.22. The van der Waals surface area contributed by atoms with Crippen molar-refractivity contribution in [2.75, 3.05) is 0 Å². The lowest BCUT2D eigenvalue weighted by molar-refractivity contribution is 0.0940. The van der Waals surface area contributed by atoms with Gasteiger partial charge in [0.25, 0.3) is 5.91 Å². The summed E-state index contributed by atoms with van der Waals surface area (Å²) in [5.41, 5.74) is 3.00. The van der Waals surface area contributed by atoms with Crippen molar-refractivity contribution >= 4 is 17.7 Å². The van der Waals surface area contributed by atoms with Crippen molar-refractivity contribution < 1.29 is 4.79 Å². The summed E-state index contributed by atoms with van der Waals surface area (Å²) in [6.07, 6.45) is 0. The quantitative estimate of drug-likeness (QED) is 0.599. The van der Waals surface area contributed by atoms with Crippen molar-refractivity contribution in [3.63, 3.8) is 0 Å². The summed E-state index contributed by atoms with van der Waals surface area (Å²) in [6.45, 7) is 2.00. The number of benzene rings is 3. The summed E-state index contributed by atoms with van der Waals surface area (Å²) >= 11 is 1.80. The van der Waals surface area contributed by atoms with Crippen molar-refractivity contribution in [1.82, 2.24) is 5.32 Å². The first kappa shape index (κ1) is 17.3. The first-order valence-electron chi connectivity index (χ1n) is 8.35. The first-order valence-corrected chi connectivity index (χ1v) is 9.33. The monoisotopic (exact) mass is 347 g/mol. The molecule has 25 heavy (non-hydrogen) atoms. The average Bonchev–Trinajstić information content (AvgIpc) is 2.68. The molecule has 0 aliphatic heterocycles. The molecule has 0 saturated carbocycles. The van der Waals surface area contributed by atoms with E-state index in [4.69, 9.17) is 0 Å². The molecule has 3 rings (SSSR count). The number of amides is 1. The van der Waals surface area contributed by atoms with E-state index < -0.39 is 0 Å². The molecule has 0 aromatic heterocycles. The molecule has 1 atom stereocenters. The lowest BCUT2D eigenvalue weighted by Gasteiger charge is -2.14. The predicted octanol–water partition coefficient (Wildman–Crippen LogP) is 5.47. The molecule has 1 unspecified atom stereocenters. The molecule has 0 heterocycles. The number of carbonyl (C=O) groups excluding carboxylic acids is 1. The van der Waals surface area contributed by atoms with Gasteiger partial charge in [-0.3, -0.25) is 4.79 Å². The van der Waals surface area contributed by atoms with Crippen LogP contribution in [0.1, 0.15) is 34.5 Å². The Bertz CT molecular complexity index is 800. The van der Waals surface area contributed by atoms with Gasteiger partial charge in [0, 0.05) is 16.2 Å². The first-order chi connectivity index (χ1) is 12.2. The van der Waals surface area contributed by atoms with E-state index in [1.165, 1.54) is 10.5 Å². The van der Waals surface area contributed by atoms with E-state index >= 15 is 0 Å². The van der Waals surface area contributed by atoms with Crippen molar-refractivity contribution in [2.45, 2.75) is 23.6 Å². The van der Waals surface area contributed by atoms with Gasteiger partial charge in [-0.15, -0.1) is 11.8 Å². The Labute approximate surface area is 153 Å². The third-order valence-corrected chi connectivity index (χ3v) is 5.10. The summed E-state index contributed by atoms with van der Waals surface area (Å²) in [7, 11) is 0. The van der Waals surface area contributed by atoms with Crippen LogP contribution in [-0.4, -0.2) is 5.91 Å². The second-order valence-corrected chi connectivity index (χ2v) is 6.95. The van der Waals surface area contributed by atoms with Gasteiger partial charge in [0.1, 0.15) is 0 Å². The fourth-order valence-corrected chi connectivity index (χ4v) is 3.42. The van der Waals surface area contributed by atoms with Gasteiger partial charge in [0.2, 0.25) is 0 Å². The number of carbonyl (C=O) groups is 1. The van der Waals surface area contributed by atoms with Gasteiger partial charge >= 0.3 is 0 Å². The van der Waals surface area contributed by atoms with Gasteiger partial charge < -0.3 is 5.32 Å². The Morgan fingerprint density at radius 2 is 1.48 bits per heavy atom. The van der Waals surface area contributed by atoms with Crippen molar-refractivity contribution in [3.8, 4) is 0 Å². The summed E-state index contributed by atoms with van der Waals surface area (Å²) in [4.78, 5) is 13.7. The minimum atomic E-state index is -0.0429. The number of thioether (sulfide) groups is 1. The van der Waals surface area contributed by atoms with E-state index in [1.807, 2.05) is 79.7 Å². The van der Waals surface area contributed by atoms with Crippen LogP contribution in [0.4, 0.5) is 0 Å². The maximum absolute atomic E-state index is 12.4. The number of hydrogen-bond acceptors (Lipinski definition) is 2. The van der Waals surface area contributed by atoms with Crippen LogP contribution in [0.2, 0.25) is 0 Å². The Balaban J connectivity index is 1.57. The second-order valence-electron chi connectivity index (χ2n) is 5.90. The Morgan fingerprint density at radius 1 is 0.880 bits per heavy atom. The SMILES string of the molecule is CC(NC(=O)c1ccc(CSc2ccccc2)cc1)c1ccccc1. The van der Waals surface area contributed by atoms with Crippen LogP contribution < -0.4 is 5.32 Å². The smallest absolute Gasteiger partial charge is 0.251 e. The van der Waals surface area contributed by atoms with Gasteiger partial charge in [-0.05, 0) is 42.3 Å². The van der Waals surface area contributed by atoms with Gasteiger partial charge in [-0.2, -0.15) is 0 Å². The van der Waals surface area contributed by atoms with Crippen LogP contribution in [0.5, 0.6) is 0 Å². The standard InChI is InChI=1S/C22H21NOS/c1-17(19-8-4-2-5-9-19)23-22(24)20-14-12-18(13-15-20)16-25-21-10-6-3-7-11-21/h2-15,17H,16H2,1H3,(H,23,24). The van der Waals surface area contributed by atoms with Crippen LogP contribution >= 0.6 is 11.8 Å². The molecule has 0 saturated heterocycles. The second kappa shape index (κ2) is 8.54. The number of nitrogens with one attached hydrogen (secondary N) is 1. The molecule has 0 fully saturated rings. The van der Waals surface area contributed by atoms with Crippen molar-refractivity contribution in [2.24, 2.45) is 0 Å². The van der Waals surface area contributed by atoms with E-state index in [2.05, 4.69) is 17.4 Å². The fraction of sp³-hybridized carbons (Fsp3) is 0.136. The minimum Gasteiger partial charge on any atom is -0.346 e. The fourth-order valence-electron chi connectivity index (χ4n) is 2.54. The van der Waals surface area contributed by atoms with Crippen LogP contribution in [0.3, 0.4) is 0 Å². The molecule has 0 radical (unpaired) electrons. The summed E-state index contributed by atoms with van der Waals surface area (Å²) < 4.78 is 0. The molecule has 2 nitrogen and oxygen atoms in total. The van der Waals surface area contributed by atoms with E-state index in [1.54, 1.807) is 11.8 Å². The minimum absolute atomic E-state index is 0.0120. The maximum atomic E-state index is 12.4. The molecule has 0 aliphatic rings. The van der Waals surface area contributed by atoms with Crippen LogP contribution in [0.25, 0.3) is 0 Å². The topological polar surface area (TPSA) is 29.1 Å². The third kappa shape index (κ3) is 4.97. The Kier molecular flexibility index (Phi) is 5.91. The lowest BCUT2D eigenvalue weighted by Crippen LogP contribution is -2.26. The van der Waals surface area contributed by atoms with Crippen LogP contribution in [0, 0.1) is 0 Å². The van der Waals surface area contributed by atoms with E-state index in [0.717, 1.165) is 11.3 Å². The molecule has 3 heteroatoms. The zero-order chi connectivity index (χ0) is 17.5. The summed E-state index contributed by atoms with van der Waals surface area (Å²) in [6, 6.07) is 28.2. The van der Waals surface area contributed by atoms with Gasteiger partial charge in [0.15, 0.2) is 0 Å². The van der Waals surface area contributed by atoms with E-state index in [9.17, 15) is 4.79 Å². The lowest BCUT2D eigenvalue weighted by atomic mass is 10.1. The maximum Gasteiger partial charge on any atom is 0.251 e. The van der Waals surface area contributed by atoms with Crippen LogP contribution in [0.15, 0.2) is 89.8 Å². The highest BCUT2D eigenvalue weighted by atomic mass is 32.2.